The second-order valence-corrected chi connectivity index (χ2v) is 7.75. The minimum absolute atomic E-state index is 0.00885. The van der Waals surface area contributed by atoms with E-state index in [-0.39, 0.29) is 17.6 Å². The smallest absolute Gasteiger partial charge is 0.219 e. The summed E-state index contributed by atoms with van der Waals surface area (Å²) in [5, 5.41) is 18.4. The van der Waals surface area contributed by atoms with Gasteiger partial charge in [-0.2, -0.15) is 5.10 Å². The second kappa shape index (κ2) is 8.89. The summed E-state index contributed by atoms with van der Waals surface area (Å²) in [5.74, 6) is 0.103. The van der Waals surface area contributed by atoms with E-state index in [0.717, 1.165) is 23.9 Å². The van der Waals surface area contributed by atoms with E-state index in [4.69, 9.17) is 15.2 Å². The fraction of sp³-hybridized carbons (Fsp3) is 0.409. The molecule has 9 heteroatoms. The maximum absolute atomic E-state index is 15.3. The molecule has 1 amide bonds. The number of allylic oxidation sites excluding steroid dienone is 1. The molecule has 3 heterocycles. The molecule has 2 aromatic rings. The standard InChI is InChI=1S/C22H27FN6O2/c1-14(30)28-8-6-20-18(12-28)22(27-29(20)16-7-9-31-13-16)26-19-5-3-4-17(21(19)23)15(10-24)11-25-2/h3-5,10-11,16,24-25H,6-9,12-13H2,1-2H3,(H,26,27)/b15-11+,24-10?. The van der Waals surface area contributed by atoms with Crippen LogP contribution < -0.4 is 10.6 Å². The molecule has 2 aliphatic heterocycles. The highest BCUT2D eigenvalue weighted by molar-refractivity contribution is 6.08. The minimum Gasteiger partial charge on any atom is -0.393 e. The van der Waals surface area contributed by atoms with Crippen molar-refractivity contribution < 1.29 is 13.9 Å². The lowest BCUT2D eigenvalue weighted by molar-refractivity contribution is -0.129. The van der Waals surface area contributed by atoms with E-state index in [0.29, 0.717) is 49.7 Å². The lowest BCUT2D eigenvalue weighted by atomic mass is 10.0. The van der Waals surface area contributed by atoms with Crippen molar-refractivity contribution in [3.8, 4) is 0 Å². The van der Waals surface area contributed by atoms with Crippen molar-refractivity contribution >= 4 is 29.2 Å². The molecule has 164 valence electrons. The van der Waals surface area contributed by atoms with Gasteiger partial charge in [0.1, 0.15) is 0 Å². The summed E-state index contributed by atoms with van der Waals surface area (Å²) in [4.78, 5) is 13.8. The van der Waals surface area contributed by atoms with Gasteiger partial charge in [-0.15, -0.1) is 0 Å². The topological polar surface area (TPSA) is 95.3 Å². The molecular formula is C22H27FN6O2. The van der Waals surface area contributed by atoms with Gasteiger partial charge in [0.25, 0.3) is 0 Å². The number of hydrogen-bond donors (Lipinski definition) is 3. The van der Waals surface area contributed by atoms with Gasteiger partial charge in [-0.05, 0) is 12.5 Å². The quantitative estimate of drug-likeness (QED) is 0.618. The van der Waals surface area contributed by atoms with Gasteiger partial charge in [0, 0.05) is 68.4 Å². The Morgan fingerprint density at radius 1 is 1.42 bits per heavy atom. The van der Waals surface area contributed by atoms with E-state index in [1.165, 1.54) is 0 Å². The molecule has 0 aliphatic carbocycles. The van der Waals surface area contributed by atoms with E-state index in [9.17, 15) is 4.79 Å². The Morgan fingerprint density at radius 3 is 2.94 bits per heavy atom. The monoisotopic (exact) mass is 426 g/mol. The lowest BCUT2D eigenvalue weighted by Gasteiger charge is -2.27. The van der Waals surface area contributed by atoms with E-state index in [1.54, 1.807) is 43.3 Å². The predicted molar refractivity (Wildman–Crippen MR) is 117 cm³/mol. The highest BCUT2D eigenvalue weighted by Crippen LogP contribution is 2.34. The molecule has 1 fully saturated rings. The Balaban J connectivity index is 1.73. The molecule has 1 atom stereocenters. The summed E-state index contributed by atoms with van der Waals surface area (Å²) in [6, 6.07) is 5.17. The first-order valence-corrected chi connectivity index (χ1v) is 10.4. The number of hydrogen-bond acceptors (Lipinski definition) is 6. The van der Waals surface area contributed by atoms with Gasteiger partial charge < -0.3 is 25.7 Å². The highest BCUT2D eigenvalue weighted by atomic mass is 19.1. The first-order valence-electron chi connectivity index (χ1n) is 10.4. The van der Waals surface area contributed by atoms with Crippen LogP contribution in [0.5, 0.6) is 0 Å². The van der Waals surface area contributed by atoms with Crippen molar-refractivity contribution in [3.05, 3.63) is 47.0 Å². The van der Waals surface area contributed by atoms with Crippen molar-refractivity contribution in [2.24, 2.45) is 0 Å². The van der Waals surface area contributed by atoms with Crippen LogP contribution in [0, 0.1) is 11.2 Å². The lowest BCUT2D eigenvalue weighted by Crippen LogP contribution is -2.35. The van der Waals surface area contributed by atoms with Crippen LogP contribution in [0.15, 0.2) is 24.4 Å². The van der Waals surface area contributed by atoms with E-state index in [1.807, 2.05) is 4.68 Å². The SMILES string of the molecule is CN/C=C(\C=N)c1cccc(Nc2nn(C3CCOC3)c3c2CN(C(C)=O)CC3)c1F. The number of halogens is 1. The molecule has 1 saturated heterocycles. The Morgan fingerprint density at radius 2 is 2.26 bits per heavy atom. The molecule has 0 radical (unpaired) electrons. The number of benzene rings is 1. The number of carbonyl (C=O) groups excluding carboxylic acids is 1. The zero-order valence-electron chi connectivity index (χ0n) is 17.7. The zero-order chi connectivity index (χ0) is 22.0. The van der Waals surface area contributed by atoms with Crippen LogP contribution >= 0.6 is 0 Å². The van der Waals surface area contributed by atoms with Crippen molar-refractivity contribution in [3.63, 3.8) is 0 Å². The first-order chi connectivity index (χ1) is 15.0. The van der Waals surface area contributed by atoms with E-state index < -0.39 is 5.82 Å². The summed E-state index contributed by atoms with van der Waals surface area (Å²) in [7, 11) is 1.70. The Labute approximate surface area is 180 Å². The number of carbonyl (C=O) groups is 1. The van der Waals surface area contributed by atoms with Gasteiger partial charge in [-0.3, -0.25) is 9.48 Å². The zero-order valence-corrected chi connectivity index (χ0v) is 17.7. The van der Waals surface area contributed by atoms with Crippen LogP contribution in [0.4, 0.5) is 15.9 Å². The summed E-state index contributed by atoms with van der Waals surface area (Å²) >= 11 is 0. The first kappa shape index (κ1) is 21.0. The molecule has 31 heavy (non-hydrogen) atoms. The number of amides is 1. The van der Waals surface area contributed by atoms with Crippen molar-refractivity contribution in [2.75, 3.05) is 32.1 Å². The van der Waals surface area contributed by atoms with Gasteiger partial charge in [-0.1, -0.05) is 12.1 Å². The number of rotatable bonds is 6. The molecule has 1 aromatic heterocycles. The van der Waals surface area contributed by atoms with Crippen molar-refractivity contribution in [2.45, 2.75) is 32.4 Å². The van der Waals surface area contributed by atoms with Gasteiger partial charge in [-0.25, -0.2) is 4.39 Å². The minimum atomic E-state index is -0.459. The summed E-state index contributed by atoms with van der Waals surface area (Å²) in [6.07, 6.45) is 4.27. The summed E-state index contributed by atoms with van der Waals surface area (Å²) in [5.41, 5.74) is 3.01. The van der Waals surface area contributed by atoms with Gasteiger partial charge in [0.2, 0.25) is 5.91 Å². The number of ether oxygens (including phenoxy) is 1. The summed E-state index contributed by atoms with van der Waals surface area (Å²) < 4.78 is 22.9. The number of aromatic nitrogens is 2. The molecule has 0 bridgehead atoms. The molecule has 3 N–H and O–H groups in total. The third-order valence-electron chi connectivity index (χ3n) is 5.80. The molecular weight excluding hydrogens is 399 g/mol. The van der Waals surface area contributed by atoms with E-state index >= 15 is 4.39 Å². The second-order valence-electron chi connectivity index (χ2n) is 7.75. The molecule has 8 nitrogen and oxygen atoms in total. The van der Waals surface area contributed by atoms with Crippen LogP contribution in [0.3, 0.4) is 0 Å². The number of nitrogens with one attached hydrogen (secondary N) is 3. The Hall–Kier alpha value is -3.20. The van der Waals surface area contributed by atoms with Crippen LogP contribution in [0.2, 0.25) is 0 Å². The number of nitrogens with zero attached hydrogens (tertiary/aromatic N) is 3. The predicted octanol–water partition coefficient (Wildman–Crippen LogP) is 2.84. The van der Waals surface area contributed by atoms with Crippen molar-refractivity contribution in [1.29, 1.82) is 5.41 Å². The average Bonchev–Trinajstić information content (AvgIpc) is 3.41. The largest absolute Gasteiger partial charge is 0.393 e. The number of anilines is 2. The number of fused-ring (bicyclic) bond motifs is 1. The molecule has 1 aromatic carbocycles. The fourth-order valence-corrected chi connectivity index (χ4v) is 4.16. The highest BCUT2D eigenvalue weighted by Gasteiger charge is 2.30. The fourth-order valence-electron chi connectivity index (χ4n) is 4.16. The third-order valence-corrected chi connectivity index (χ3v) is 5.80. The maximum Gasteiger partial charge on any atom is 0.219 e. The Bertz CT molecular complexity index is 1030. The van der Waals surface area contributed by atoms with Gasteiger partial charge in [0.05, 0.1) is 24.9 Å². The van der Waals surface area contributed by atoms with Crippen molar-refractivity contribution in [1.82, 2.24) is 20.0 Å². The van der Waals surface area contributed by atoms with Gasteiger partial charge >= 0.3 is 0 Å². The molecule has 0 spiro atoms. The van der Waals surface area contributed by atoms with Gasteiger partial charge in [0.15, 0.2) is 11.6 Å². The Kier molecular flexibility index (Phi) is 6.03. The average molecular weight is 426 g/mol. The third kappa shape index (κ3) is 4.05. The maximum atomic E-state index is 15.3. The molecule has 1 unspecified atom stereocenters. The van der Waals surface area contributed by atoms with Crippen LogP contribution in [-0.2, 0) is 22.5 Å². The molecule has 0 saturated carbocycles. The van der Waals surface area contributed by atoms with Crippen LogP contribution in [-0.4, -0.2) is 53.6 Å². The normalized spacial score (nSPS) is 18.6. The van der Waals surface area contributed by atoms with Crippen LogP contribution in [0.1, 0.15) is 36.2 Å². The van der Waals surface area contributed by atoms with Crippen LogP contribution in [0.25, 0.3) is 5.57 Å². The summed E-state index contributed by atoms with van der Waals surface area (Å²) in [6.45, 7) is 3.94. The molecule has 4 rings (SSSR count). The van der Waals surface area contributed by atoms with E-state index in [2.05, 4.69) is 10.6 Å². The molecule has 2 aliphatic rings.